The fraction of sp³-hybridized carbons (Fsp3) is 0. The maximum absolute atomic E-state index is 10.5. The molecule has 2 aromatic heterocycles. The molecular weight excluding hydrogens is 186 g/mol. The molecule has 0 amide bonds. The molecule has 0 unspecified atom stereocenters. The van der Waals surface area contributed by atoms with Crippen molar-refractivity contribution >= 4 is 5.97 Å². The molecule has 14 heavy (non-hydrogen) atoms. The number of nitrogens with zero attached hydrogens (tertiary/aromatic N) is 3. The Labute approximate surface area is 78.3 Å². The molecule has 0 saturated carbocycles. The van der Waals surface area contributed by atoms with Crippen molar-refractivity contribution < 1.29 is 14.3 Å². The highest BCUT2D eigenvalue weighted by Crippen LogP contribution is 2.14. The fourth-order valence-corrected chi connectivity index (χ4v) is 0.921. The van der Waals surface area contributed by atoms with Gasteiger partial charge in [0.05, 0.1) is 6.20 Å². The first-order valence-electron chi connectivity index (χ1n) is 3.72. The van der Waals surface area contributed by atoms with Crippen LogP contribution in [0.2, 0.25) is 0 Å². The minimum atomic E-state index is -1.21. The molecule has 2 rings (SSSR count). The maximum Gasteiger partial charge on any atom is 0.392 e. The molecule has 6 nitrogen and oxygen atoms in total. The van der Waals surface area contributed by atoms with Crippen LogP contribution in [0.25, 0.3) is 11.4 Å². The van der Waals surface area contributed by atoms with E-state index in [0.717, 1.165) is 0 Å². The Kier molecular flexibility index (Phi) is 1.94. The quantitative estimate of drug-likeness (QED) is 0.756. The molecule has 2 heterocycles. The minimum Gasteiger partial charge on any atom is -0.474 e. The Morgan fingerprint density at radius 1 is 1.36 bits per heavy atom. The van der Waals surface area contributed by atoms with Crippen LogP contribution in [0.3, 0.4) is 0 Å². The van der Waals surface area contributed by atoms with E-state index in [9.17, 15) is 4.79 Å². The Morgan fingerprint density at radius 2 is 2.21 bits per heavy atom. The van der Waals surface area contributed by atoms with Crippen LogP contribution in [0.4, 0.5) is 0 Å². The summed E-state index contributed by atoms with van der Waals surface area (Å²) in [7, 11) is 0. The molecule has 0 aromatic carbocycles. The molecule has 0 aliphatic carbocycles. The highest BCUT2D eigenvalue weighted by molar-refractivity contribution is 5.82. The van der Waals surface area contributed by atoms with Gasteiger partial charge in [-0.3, -0.25) is 9.97 Å². The molecule has 1 N–H and O–H groups in total. The van der Waals surface area contributed by atoms with Gasteiger partial charge in [0.2, 0.25) is 0 Å². The van der Waals surface area contributed by atoms with Crippen LogP contribution in [0.15, 0.2) is 29.3 Å². The molecule has 0 atom stereocenters. The Hall–Kier alpha value is -2.24. The van der Waals surface area contributed by atoms with E-state index < -0.39 is 5.97 Å². The van der Waals surface area contributed by atoms with Crippen molar-refractivity contribution in [3.8, 4) is 11.4 Å². The number of hydrogen-bond acceptors (Lipinski definition) is 5. The van der Waals surface area contributed by atoms with Crippen molar-refractivity contribution in [2.24, 2.45) is 0 Å². The van der Waals surface area contributed by atoms with Crippen molar-refractivity contribution in [1.29, 1.82) is 0 Å². The molecule has 0 radical (unpaired) electrons. The number of aromatic nitrogens is 3. The largest absolute Gasteiger partial charge is 0.474 e. The van der Waals surface area contributed by atoms with Crippen LogP contribution in [0.1, 0.15) is 10.7 Å². The summed E-state index contributed by atoms with van der Waals surface area (Å²) >= 11 is 0. The van der Waals surface area contributed by atoms with Crippen LogP contribution in [0.5, 0.6) is 0 Å². The van der Waals surface area contributed by atoms with Gasteiger partial charge in [0.1, 0.15) is 17.7 Å². The van der Waals surface area contributed by atoms with Gasteiger partial charge in [0.15, 0.2) is 0 Å². The van der Waals surface area contributed by atoms with E-state index in [4.69, 9.17) is 9.52 Å². The van der Waals surface area contributed by atoms with Crippen molar-refractivity contribution in [2.75, 3.05) is 0 Å². The second-order valence-corrected chi connectivity index (χ2v) is 2.43. The van der Waals surface area contributed by atoms with Gasteiger partial charge < -0.3 is 9.52 Å². The monoisotopic (exact) mass is 191 g/mol. The summed E-state index contributed by atoms with van der Waals surface area (Å²) in [5.74, 6) is -1.56. The van der Waals surface area contributed by atoms with Crippen molar-refractivity contribution in [3.63, 3.8) is 0 Å². The molecule has 0 fully saturated rings. The summed E-state index contributed by atoms with van der Waals surface area (Å²) in [6, 6.07) is 0. The summed E-state index contributed by atoms with van der Waals surface area (Å²) < 4.78 is 4.70. The van der Waals surface area contributed by atoms with E-state index in [1.165, 1.54) is 24.9 Å². The van der Waals surface area contributed by atoms with E-state index in [1.54, 1.807) is 0 Å². The maximum atomic E-state index is 10.5. The molecule has 2 aromatic rings. The van der Waals surface area contributed by atoms with Crippen LogP contribution in [-0.2, 0) is 0 Å². The third-order valence-corrected chi connectivity index (χ3v) is 1.51. The number of carboxylic acid groups (broad SMARTS) is 1. The normalized spacial score (nSPS) is 10.0. The summed E-state index contributed by atoms with van der Waals surface area (Å²) in [4.78, 5) is 21.9. The van der Waals surface area contributed by atoms with Gasteiger partial charge in [-0.05, 0) is 0 Å². The number of carbonyl (C=O) groups is 1. The van der Waals surface area contributed by atoms with E-state index in [2.05, 4.69) is 15.0 Å². The van der Waals surface area contributed by atoms with E-state index in [0.29, 0.717) is 11.4 Å². The van der Waals surface area contributed by atoms with Gasteiger partial charge in [-0.25, -0.2) is 9.78 Å². The zero-order valence-corrected chi connectivity index (χ0v) is 6.91. The van der Waals surface area contributed by atoms with E-state index in [1.807, 2.05) is 0 Å². The second kappa shape index (κ2) is 3.25. The lowest BCUT2D eigenvalue weighted by molar-refractivity contribution is 0.0653. The predicted molar refractivity (Wildman–Crippen MR) is 44.5 cm³/mol. The van der Waals surface area contributed by atoms with Crippen LogP contribution >= 0.6 is 0 Å². The van der Waals surface area contributed by atoms with Gasteiger partial charge in [-0.2, -0.15) is 0 Å². The first-order chi connectivity index (χ1) is 6.77. The average Bonchev–Trinajstić information content (AvgIpc) is 2.68. The molecule has 6 heteroatoms. The lowest BCUT2D eigenvalue weighted by Crippen LogP contribution is -1.95. The predicted octanol–water partition coefficient (Wildman–Crippen LogP) is 0.830. The summed E-state index contributed by atoms with van der Waals surface area (Å²) in [5.41, 5.74) is 0.833. The number of carboxylic acids is 1. The van der Waals surface area contributed by atoms with Gasteiger partial charge in [-0.15, -0.1) is 0 Å². The van der Waals surface area contributed by atoms with Gasteiger partial charge in [0.25, 0.3) is 0 Å². The highest BCUT2D eigenvalue weighted by atomic mass is 16.4. The Bertz CT molecular complexity index is 452. The van der Waals surface area contributed by atoms with E-state index >= 15 is 0 Å². The van der Waals surface area contributed by atoms with E-state index in [-0.39, 0.29) is 5.89 Å². The van der Waals surface area contributed by atoms with Crippen molar-refractivity contribution in [1.82, 2.24) is 15.0 Å². The number of hydrogen-bond donors (Lipinski definition) is 1. The molecule has 0 bridgehead atoms. The van der Waals surface area contributed by atoms with Gasteiger partial charge >= 0.3 is 11.9 Å². The lowest BCUT2D eigenvalue weighted by Gasteiger charge is -1.89. The SMILES string of the molecule is O=C(O)c1nc(-c2cnccn2)co1. The Morgan fingerprint density at radius 3 is 2.79 bits per heavy atom. The first-order valence-corrected chi connectivity index (χ1v) is 3.72. The molecule has 0 saturated heterocycles. The minimum absolute atomic E-state index is 0.356. The first kappa shape index (κ1) is 8.36. The number of aromatic carboxylic acids is 1. The molecule has 0 spiro atoms. The van der Waals surface area contributed by atoms with Crippen molar-refractivity contribution in [3.05, 3.63) is 30.7 Å². The Balaban J connectivity index is 2.39. The molecule has 0 aliphatic rings. The second-order valence-electron chi connectivity index (χ2n) is 2.43. The van der Waals surface area contributed by atoms with Crippen LogP contribution in [-0.4, -0.2) is 26.0 Å². The van der Waals surface area contributed by atoms with Crippen LogP contribution in [0, 0.1) is 0 Å². The third kappa shape index (κ3) is 1.45. The third-order valence-electron chi connectivity index (χ3n) is 1.51. The zero-order chi connectivity index (χ0) is 9.97. The van der Waals surface area contributed by atoms with Crippen molar-refractivity contribution in [2.45, 2.75) is 0 Å². The van der Waals surface area contributed by atoms with Gasteiger partial charge in [0, 0.05) is 12.4 Å². The summed E-state index contributed by atoms with van der Waals surface area (Å²) in [6.45, 7) is 0. The highest BCUT2D eigenvalue weighted by Gasteiger charge is 2.12. The summed E-state index contributed by atoms with van der Waals surface area (Å²) in [6.07, 6.45) is 5.71. The number of rotatable bonds is 2. The smallest absolute Gasteiger partial charge is 0.392 e. The molecule has 0 aliphatic heterocycles. The molecular formula is C8H5N3O3. The standard InChI is InChI=1S/C8H5N3O3/c12-8(13)7-11-6(4-14-7)5-3-9-1-2-10-5/h1-4H,(H,12,13). The van der Waals surface area contributed by atoms with Crippen LogP contribution < -0.4 is 0 Å². The summed E-state index contributed by atoms with van der Waals surface area (Å²) in [5, 5.41) is 8.55. The number of oxazole rings is 1. The molecule has 70 valence electrons. The lowest BCUT2D eigenvalue weighted by atomic mass is 10.3. The topological polar surface area (TPSA) is 89.1 Å². The zero-order valence-electron chi connectivity index (χ0n) is 6.91. The van der Waals surface area contributed by atoms with Gasteiger partial charge in [-0.1, -0.05) is 0 Å². The fourth-order valence-electron chi connectivity index (χ4n) is 0.921. The average molecular weight is 191 g/mol.